The van der Waals surface area contributed by atoms with Gasteiger partial charge in [-0.3, -0.25) is 4.79 Å². The van der Waals surface area contributed by atoms with Crippen molar-refractivity contribution in [3.05, 3.63) is 0 Å². The fraction of sp³-hybridized carbons (Fsp3) is 0.952. The van der Waals surface area contributed by atoms with Crippen molar-refractivity contribution in [1.29, 1.82) is 0 Å². The van der Waals surface area contributed by atoms with Crippen molar-refractivity contribution in [3.63, 3.8) is 0 Å². The third-order valence-electron chi connectivity index (χ3n) is 3.55. The molecule has 2 N–H and O–H groups in total. The van der Waals surface area contributed by atoms with Crippen LogP contribution in [0.3, 0.4) is 0 Å². The third-order valence-corrected chi connectivity index (χ3v) is 3.55. The Labute approximate surface area is 181 Å². The maximum Gasteiger partial charge on any atom is 0.222 e. The van der Waals surface area contributed by atoms with Crippen molar-refractivity contribution in [1.82, 2.24) is 10.6 Å². The molecule has 0 aromatic rings. The van der Waals surface area contributed by atoms with E-state index in [4.69, 9.17) is 23.7 Å². The van der Waals surface area contributed by atoms with Crippen molar-refractivity contribution in [2.24, 2.45) is 5.92 Å². The number of hydrogen-bond acceptors (Lipinski definition) is 7. The molecule has 0 aliphatic carbocycles. The Morgan fingerprint density at radius 2 is 1.03 bits per heavy atom. The molecule has 180 valence electrons. The zero-order valence-corrected chi connectivity index (χ0v) is 19.4. The van der Waals surface area contributed by atoms with E-state index in [2.05, 4.69) is 24.5 Å². The number of amides is 1. The molecule has 0 radical (unpaired) electrons. The first kappa shape index (κ1) is 30.4. The summed E-state index contributed by atoms with van der Waals surface area (Å²) < 4.78 is 26.8. The normalized spacial score (nSPS) is 10.7. The molecule has 0 spiro atoms. The molecular formula is C21H50N2O6. The standard InChI is InChI=1S/C17H36N2O6.C4H10.2H2/c1-16(2)17(20)19-5-7-22-9-11-24-13-15-25-14-12-23-10-8-21-6-4-18-3;1-3-4-2;;/h16,18H,4-15H2,1-3H3,(H,19,20);3-4H2,1-2H3;2*1H. The largest absolute Gasteiger partial charge is 0.378 e. The first-order valence-electron chi connectivity index (χ1n) is 10.9. The van der Waals surface area contributed by atoms with Gasteiger partial charge in [-0.15, -0.1) is 0 Å². The molecule has 0 saturated carbocycles. The van der Waals surface area contributed by atoms with E-state index in [0.29, 0.717) is 72.6 Å². The highest BCUT2D eigenvalue weighted by atomic mass is 16.6. The molecule has 0 atom stereocenters. The van der Waals surface area contributed by atoms with Gasteiger partial charge < -0.3 is 34.3 Å². The van der Waals surface area contributed by atoms with E-state index in [-0.39, 0.29) is 14.7 Å². The molecule has 0 saturated heterocycles. The Morgan fingerprint density at radius 3 is 1.34 bits per heavy atom. The quantitative estimate of drug-likeness (QED) is 0.289. The minimum absolute atomic E-state index is 0. The highest BCUT2D eigenvalue weighted by Gasteiger charge is 2.04. The van der Waals surface area contributed by atoms with Crippen LogP contribution < -0.4 is 10.6 Å². The summed E-state index contributed by atoms with van der Waals surface area (Å²) in [6, 6.07) is 0. The highest BCUT2D eigenvalue weighted by Crippen LogP contribution is 1.89. The lowest BCUT2D eigenvalue weighted by Gasteiger charge is -2.09. The Morgan fingerprint density at radius 1 is 0.690 bits per heavy atom. The highest BCUT2D eigenvalue weighted by molar-refractivity contribution is 5.77. The molecule has 0 bridgehead atoms. The topological polar surface area (TPSA) is 87.3 Å². The first-order chi connectivity index (χ1) is 14.1. The van der Waals surface area contributed by atoms with Crippen LogP contribution in [0.25, 0.3) is 0 Å². The zero-order chi connectivity index (χ0) is 22.0. The van der Waals surface area contributed by atoms with Crippen LogP contribution in [0.4, 0.5) is 0 Å². The van der Waals surface area contributed by atoms with Gasteiger partial charge in [0.2, 0.25) is 5.91 Å². The summed E-state index contributed by atoms with van der Waals surface area (Å²) in [6.45, 7) is 15.0. The maximum absolute atomic E-state index is 11.3. The zero-order valence-electron chi connectivity index (χ0n) is 19.4. The number of carbonyl (C=O) groups excluding carboxylic acids is 1. The molecule has 0 aromatic heterocycles. The summed E-state index contributed by atoms with van der Waals surface area (Å²) in [4.78, 5) is 11.3. The Balaban J connectivity index is -0.000000555. The maximum atomic E-state index is 11.3. The minimum Gasteiger partial charge on any atom is -0.378 e. The van der Waals surface area contributed by atoms with E-state index in [0.717, 1.165) is 6.54 Å². The van der Waals surface area contributed by atoms with E-state index in [1.54, 1.807) is 0 Å². The number of likely N-dealkylation sites (N-methyl/N-ethyl adjacent to an activating group) is 1. The van der Waals surface area contributed by atoms with E-state index in [1.165, 1.54) is 12.8 Å². The van der Waals surface area contributed by atoms with Crippen molar-refractivity contribution in [2.45, 2.75) is 40.5 Å². The van der Waals surface area contributed by atoms with Crippen molar-refractivity contribution in [3.8, 4) is 0 Å². The SMILES string of the molecule is CCCC.CNCCOCCOCCOCCOCCOCCNC(=O)C(C)C.[HH].[HH]. The molecular weight excluding hydrogens is 376 g/mol. The van der Waals surface area contributed by atoms with Crippen LogP contribution in [0.5, 0.6) is 0 Å². The van der Waals surface area contributed by atoms with Gasteiger partial charge in [-0.25, -0.2) is 0 Å². The van der Waals surface area contributed by atoms with E-state index >= 15 is 0 Å². The summed E-state index contributed by atoms with van der Waals surface area (Å²) in [5, 5.41) is 5.79. The second kappa shape index (κ2) is 27.2. The number of ether oxygens (including phenoxy) is 5. The summed E-state index contributed by atoms with van der Waals surface area (Å²) in [7, 11) is 1.89. The van der Waals surface area contributed by atoms with Gasteiger partial charge in [0.1, 0.15) is 0 Å². The van der Waals surface area contributed by atoms with Crippen LogP contribution in [-0.2, 0) is 28.5 Å². The van der Waals surface area contributed by atoms with Crippen LogP contribution in [0.15, 0.2) is 0 Å². The average Bonchev–Trinajstić information content (AvgIpc) is 2.72. The van der Waals surface area contributed by atoms with Crippen molar-refractivity contribution in [2.75, 3.05) is 86.2 Å². The van der Waals surface area contributed by atoms with Crippen LogP contribution in [0.1, 0.15) is 43.4 Å². The van der Waals surface area contributed by atoms with E-state index < -0.39 is 0 Å². The van der Waals surface area contributed by atoms with Crippen LogP contribution in [0.2, 0.25) is 0 Å². The summed E-state index contributed by atoms with van der Waals surface area (Å²) in [5.74, 6) is 0.0488. The molecule has 8 nitrogen and oxygen atoms in total. The van der Waals surface area contributed by atoms with Gasteiger partial charge in [0.05, 0.1) is 66.1 Å². The molecule has 0 heterocycles. The molecule has 0 fully saturated rings. The lowest BCUT2D eigenvalue weighted by Crippen LogP contribution is -2.31. The lowest BCUT2D eigenvalue weighted by atomic mass is 10.2. The molecule has 0 aromatic carbocycles. The van der Waals surface area contributed by atoms with Crippen LogP contribution >= 0.6 is 0 Å². The summed E-state index contributed by atoms with van der Waals surface area (Å²) in [6.07, 6.45) is 2.64. The number of hydrogen-bond donors (Lipinski definition) is 2. The Kier molecular flexibility index (Phi) is 28.6. The summed E-state index contributed by atoms with van der Waals surface area (Å²) >= 11 is 0. The number of nitrogens with one attached hydrogen (secondary N) is 2. The summed E-state index contributed by atoms with van der Waals surface area (Å²) in [5.41, 5.74) is 0. The average molecular weight is 427 g/mol. The predicted octanol–water partition coefficient (Wildman–Crippen LogP) is 2.36. The van der Waals surface area contributed by atoms with Gasteiger partial charge in [0.25, 0.3) is 0 Å². The minimum atomic E-state index is 0. The number of rotatable bonds is 20. The van der Waals surface area contributed by atoms with E-state index in [1.807, 2.05) is 20.9 Å². The third kappa shape index (κ3) is 29.5. The molecule has 0 unspecified atom stereocenters. The Bertz CT molecular complexity index is 328. The van der Waals surface area contributed by atoms with Gasteiger partial charge in [-0.2, -0.15) is 0 Å². The predicted molar refractivity (Wildman–Crippen MR) is 121 cm³/mol. The second-order valence-electron chi connectivity index (χ2n) is 6.61. The molecule has 0 aliphatic rings. The molecule has 29 heavy (non-hydrogen) atoms. The van der Waals surface area contributed by atoms with Gasteiger partial charge in [-0.1, -0.05) is 40.5 Å². The fourth-order valence-electron chi connectivity index (χ4n) is 1.61. The van der Waals surface area contributed by atoms with Gasteiger partial charge in [-0.05, 0) is 7.05 Å². The van der Waals surface area contributed by atoms with E-state index in [9.17, 15) is 4.79 Å². The molecule has 0 rings (SSSR count). The van der Waals surface area contributed by atoms with Gasteiger partial charge in [0, 0.05) is 21.9 Å². The monoisotopic (exact) mass is 426 g/mol. The van der Waals surface area contributed by atoms with Gasteiger partial charge in [0.15, 0.2) is 0 Å². The molecule has 1 amide bonds. The van der Waals surface area contributed by atoms with Crippen molar-refractivity contribution >= 4 is 5.91 Å². The fourth-order valence-corrected chi connectivity index (χ4v) is 1.61. The second-order valence-corrected chi connectivity index (χ2v) is 6.61. The van der Waals surface area contributed by atoms with Crippen molar-refractivity contribution < 1.29 is 31.3 Å². The first-order valence-corrected chi connectivity index (χ1v) is 10.9. The molecule has 8 heteroatoms. The molecule has 0 aliphatic heterocycles. The number of carbonyl (C=O) groups is 1. The van der Waals surface area contributed by atoms with Crippen LogP contribution in [0, 0.1) is 5.92 Å². The van der Waals surface area contributed by atoms with Crippen LogP contribution in [-0.4, -0.2) is 92.1 Å². The smallest absolute Gasteiger partial charge is 0.222 e. The lowest BCUT2D eigenvalue weighted by molar-refractivity contribution is -0.124. The Hall–Kier alpha value is -0.770. The number of unbranched alkanes of at least 4 members (excludes halogenated alkanes) is 1. The van der Waals surface area contributed by atoms with Gasteiger partial charge >= 0.3 is 0 Å².